The van der Waals surface area contributed by atoms with E-state index in [9.17, 15) is 10.4 Å². The van der Waals surface area contributed by atoms with E-state index in [0.29, 0.717) is 21.5 Å². The molecule has 4 rings (SSSR count). The SMILES string of the molecule is CNc1sc2cccc(-c3c(Cl)cc4c(O)nc(Cl)nc4c3F)c2c1C#N. The first-order chi connectivity index (χ1) is 13.0. The number of aromatic hydroxyl groups is 1. The van der Waals surface area contributed by atoms with Crippen LogP contribution in [-0.4, -0.2) is 22.1 Å². The molecule has 0 radical (unpaired) electrons. The first-order valence-electron chi connectivity index (χ1n) is 7.64. The normalized spacial score (nSPS) is 11.1. The largest absolute Gasteiger partial charge is 0.493 e. The van der Waals surface area contributed by atoms with Gasteiger partial charge in [-0.2, -0.15) is 10.2 Å². The first kappa shape index (κ1) is 17.7. The highest BCUT2D eigenvalue weighted by atomic mass is 35.5. The number of hydrogen-bond donors (Lipinski definition) is 2. The summed E-state index contributed by atoms with van der Waals surface area (Å²) in [6, 6.07) is 8.86. The Labute approximate surface area is 166 Å². The van der Waals surface area contributed by atoms with Crippen molar-refractivity contribution in [3.63, 3.8) is 0 Å². The van der Waals surface area contributed by atoms with E-state index in [1.165, 1.54) is 17.4 Å². The first-order valence-corrected chi connectivity index (χ1v) is 9.21. The smallest absolute Gasteiger partial charge is 0.226 e. The van der Waals surface area contributed by atoms with Gasteiger partial charge in [-0.15, -0.1) is 11.3 Å². The lowest BCUT2D eigenvalue weighted by Crippen LogP contribution is -1.95. The van der Waals surface area contributed by atoms with Crippen LogP contribution in [0.4, 0.5) is 9.39 Å². The molecule has 0 saturated carbocycles. The van der Waals surface area contributed by atoms with Crippen LogP contribution < -0.4 is 5.32 Å². The molecule has 4 aromatic rings. The summed E-state index contributed by atoms with van der Waals surface area (Å²) in [5.41, 5.74) is 0.806. The molecule has 0 aliphatic heterocycles. The molecular weight excluding hydrogens is 410 g/mol. The molecule has 0 aliphatic carbocycles. The molecule has 0 amide bonds. The summed E-state index contributed by atoms with van der Waals surface area (Å²) in [4.78, 5) is 7.51. The molecular formula is C18H9Cl2FN4OS. The number of thiophene rings is 1. The Morgan fingerprint density at radius 2 is 2.07 bits per heavy atom. The van der Waals surface area contributed by atoms with Gasteiger partial charge in [0.2, 0.25) is 11.2 Å². The average Bonchev–Trinajstić information content (AvgIpc) is 3.01. The molecule has 0 spiro atoms. The van der Waals surface area contributed by atoms with Crippen molar-refractivity contribution in [3.8, 4) is 23.1 Å². The van der Waals surface area contributed by atoms with Gasteiger partial charge >= 0.3 is 0 Å². The van der Waals surface area contributed by atoms with Crippen LogP contribution in [0, 0.1) is 17.1 Å². The van der Waals surface area contributed by atoms with E-state index >= 15 is 4.39 Å². The van der Waals surface area contributed by atoms with Crippen molar-refractivity contribution < 1.29 is 9.50 Å². The highest BCUT2D eigenvalue weighted by Crippen LogP contribution is 2.45. The maximum absolute atomic E-state index is 15.4. The number of rotatable bonds is 2. The van der Waals surface area contributed by atoms with Crippen molar-refractivity contribution in [1.82, 2.24) is 9.97 Å². The summed E-state index contributed by atoms with van der Waals surface area (Å²) in [7, 11) is 1.72. The Hall–Kier alpha value is -2.66. The molecule has 0 unspecified atom stereocenters. The lowest BCUT2D eigenvalue weighted by Gasteiger charge is -2.11. The monoisotopic (exact) mass is 418 g/mol. The topological polar surface area (TPSA) is 81.8 Å². The maximum atomic E-state index is 15.4. The molecule has 0 saturated heterocycles. The maximum Gasteiger partial charge on any atom is 0.226 e. The molecule has 27 heavy (non-hydrogen) atoms. The lowest BCUT2D eigenvalue weighted by atomic mass is 9.97. The predicted octanol–water partition coefficient (Wildman–Crippen LogP) is 5.58. The number of benzene rings is 2. The van der Waals surface area contributed by atoms with Crippen molar-refractivity contribution >= 4 is 60.5 Å². The zero-order valence-electron chi connectivity index (χ0n) is 13.6. The zero-order chi connectivity index (χ0) is 19.3. The molecule has 9 heteroatoms. The van der Waals surface area contributed by atoms with Crippen molar-refractivity contribution in [2.24, 2.45) is 0 Å². The second kappa shape index (κ2) is 6.50. The van der Waals surface area contributed by atoms with Gasteiger partial charge in [-0.1, -0.05) is 23.7 Å². The van der Waals surface area contributed by atoms with Crippen LogP contribution in [0.1, 0.15) is 5.56 Å². The molecule has 0 fully saturated rings. The fourth-order valence-electron chi connectivity index (χ4n) is 3.04. The van der Waals surface area contributed by atoms with E-state index in [0.717, 1.165) is 4.70 Å². The van der Waals surface area contributed by atoms with Crippen molar-refractivity contribution in [2.75, 3.05) is 12.4 Å². The van der Waals surface area contributed by atoms with E-state index in [1.807, 2.05) is 6.07 Å². The van der Waals surface area contributed by atoms with Gasteiger partial charge in [0.05, 0.1) is 16.0 Å². The summed E-state index contributed by atoms with van der Waals surface area (Å²) in [5, 5.41) is 23.7. The minimum atomic E-state index is -0.745. The van der Waals surface area contributed by atoms with Gasteiger partial charge in [-0.3, -0.25) is 0 Å². The second-order valence-electron chi connectivity index (χ2n) is 5.61. The van der Waals surface area contributed by atoms with Crippen LogP contribution >= 0.6 is 34.5 Å². The van der Waals surface area contributed by atoms with E-state index < -0.39 is 11.7 Å². The summed E-state index contributed by atoms with van der Waals surface area (Å²) >= 11 is 13.5. The predicted molar refractivity (Wildman–Crippen MR) is 106 cm³/mol. The molecule has 0 aliphatic rings. The van der Waals surface area contributed by atoms with Gasteiger partial charge in [0.1, 0.15) is 16.6 Å². The van der Waals surface area contributed by atoms with E-state index in [2.05, 4.69) is 21.4 Å². The number of halogens is 3. The van der Waals surface area contributed by atoms with Crippen molar-refractivity contribution in [2.45, 2.75) is 0 Å². The molecule has 2 aromatic carbocycles. The standard InChI is InChI=1S/C18H9Cl2FN4OS/c1-23-17-9(6-22)12-7(3-2-4-11(12)27-17)13-10(19)5-8-15(14(13)21)24-18(20)25-16(8)26/h2-5,23H,1H3,(H,24,25,26). The van der Waals surface area contributed by atoms with Crippen LogP contribution in [0.25, 0.3) is 32.1 Å². The van der Waals surface area contributed by atoms with E-state index in [1.54, 1.807) is 19.2 Å². The number of aromatic nitrogens is 2. The highest BCUT2D eigenvalue weighted by molar-refractivity contribution is 7.23. The minimum absolute atomic E-state index is 0.0552. The number of hydrogen-bond acceptors (Lipinski definition) is 6. The van der Waals surface area contributed by atoms with Gasteiger partial charge in [-0.25, -0.2) is 9.37 Å². The molecule has 134 valence electrons. The van der Waals surface area contributed by atoms with E-state index in [4.69, 9.17) is 23.2 Å². The van der Waals surface area contributed by atoms with Crippen LogP contribution in [0.2, 0.25) is 10.3 Å². The van der Waals surface area contributed by atoms with Crippen LogP contribution in [-0.2, 0) is 0 Å². The van der Waals surface area contributed by atoms with Crippen molar-refractivity contribution in [1.29, 1.82) is 5.26 Å². The van der Waals surface area contributed by atoms with Gasteiger partial charge in [0.15, 0.2) is 5.82 Å². The molecule has 2 aromatic heterocycles. The Morgan fingerprint density at radius 1 is 1.30 bits per heavy atom. The fourth-order valence-corrected chi connectivity index (χ4v) is 4.53. The Kier molecular flexibility index (Phi) is 4.27. The third-order valence-corrected chi connectivity index (χ3v) is 5.80. The van der Waals surface area contributed by atoms with E-state index in [-0.39, 0.29) is 26.8 Å². The third kappa shape index (κ3) is 2.65. The van der Waals surface area contributed by atoms with Gasteiger partial charge in [0, 0.05) is 22.7 Å². The Bertz CT molecular complexity index is 1280. The van der Waals surface area contributed by atoms with Gasteiger partial charge < -0.3 is 10.4 Å². The number of anilines is 1. The highest BCUT2D eigenvalue weighted by Gasteiger charge is 2.23. The number of fused-ring (bicyclic) bond motifs is 2. The van der Waals surface area contributed by atoms with Gasteiger partial charge in [-0.05, 0) is 29.3 Å². The van der Waals surface area contributed by atoms with Gasteiger partial charge in [0.25, 0.3) is 0 Å². The molecule has 0 bridgehead atoms. The molecule has 5 nitrogen and oxygen atoms in total. The van der Waals surface area contributed by atoms with Crippen LogP contribution in [0.3, 0.4) is 0 Å². The second-order valence-corrected chi connectivity index (χ2v) is 7.40. The quantitative estimate of drug-likeness (QED) is 0.415. The summed E-state index contributed by atoms with van der Waals surface area (Å²) in [6.45, 7) is 0. The lowest BCUT2D eigenvalue weighted by molar-refractivity contribution is 0.459. The molecule has 2 N–H and O–H groups in total. The Morgan fingerprint density at radius 3 is 2.78 bits per heavy atom. The summed E-state index contributed by atoms with van der Waals surface area (Å²) < 4.78 is 16.2. The molecule has 2 heterocycles. The number of nitrogens with zero attached hydrogens (tertiary/aromatic N) is 3. The van der Waals surface area contributed by atoms with Crippen molar-refractivity contribution in [3.05, 3.63) is 46.0 Å². The number of nitriles is 1. The summed E-state index contributed by atoms with van der Waals surface area (Å²) in [6.07, 6.45) is 0. The van der Waals surface area contributed by atoms with Crippen LogP contribution in [0.15, 0.2) is 24.3 Å². The average molecular weight is 419 g/mol. The molecule has 0 atom stereocenters. The van der Waals surface area contributed by atoms with Crippen LogP contribution in [0.5, 0.6) is 5.88 Å². The minimum Gasteiger partial charge on any atom is -0.493 e. The third-order valence-electron chi connectivity index (χ3n) is 4.16. The fraction of sp³-hybridized carbons (Fsp3) is 0.0556. The number of nitrogens with one attached hydrogen (secondary N) is 1. The summed E-state index contributed by atoms with van der Waals surface area (Å²) in [5.74, 6) is -1.20. The Balaban J connectivity index is 2.15. The zero-order valence-corrected chi connectivity index (χ0v) is 16.0.